The summed E-state index contributed by atoms with van der Waals surface area (Å²) >= 11 is 3.84. The first-order chi connectivity index (χ1) is 9.61. The maximum Gasteiger partial charge on any atom is 0.327 e. The van der Waals surface area contributed by atoms with E-state index in [0.717, 1.165) is 0 Å². The maximum absolute atomic E-state index is 12.1. The van der Waals surface area contributed by atoms with Gasteiger partial charge in [0.1, 0.15) is 18.1 Å². The van der Waals surface area contributed by atoms with E-state index in [9.17, 15) is 19.5 Å². The van der Waals surface area contributed by atoms with Crippen molar-refractivity contribution in [2.45, 2.75) is 45.0 Å². The molecule has 0 aromatic rings. The third-order valence-corrected chi connectivity index (χ3v) is 3.23. The highest BCUT2D eigenvalue weighted by Crippen LogP contribution is 2.04. The molecular formula is C12H23N3O5S. The third kappa shape index (κ3) is 6.32. The number of carbonyl (C=O) groups is 3. The summed E-state index contributed by atoms with van der Waals surface area (Å²) in [5, 5.41) is 22.8. The monoisotopic (exact) mass is 321 g/mol. The Balaban J connectivity index is 4.87. The summed E-state index contributed by atoms with van der Waals surface area (Å²) in [6, 6.07) is -3.27. The highest BCUT2D eigenvalue weighted by atomic mass is 32.1. The zero-order valence-corrected chi connectivity index (χ0v) is 13.1. The van der Waals surface area contributed by atoms with Crippen LogP contribution >= 0.6 is 12.6 Å². The van der Waals surface area contributed by atoms with Crippen molar-refractivity contribution in [1.82, 2.24) is 10.6 Å². The molecule has 0 aliphatic rings. The Morgan fingerprint density at radius 1 is 1.14 bits per heavy atom. The van der Waals surface area contributed by atoms with Gasteiger partial charge in [0.25, 0.3) is 0 Å². The van der Waals surface area contributed by atoms with E-state index in [1.165, 1.54) is 6.92 Å². The fraction of sp³-hybridized carbons (Fsp3) is 0.750. The first-order valence-corrected chi connectivity index (χ1v) is 7.13. The van der Waals surface area contributed by atoms with Crippen LogP contribution < -0.4 is 16.4 Å². The van der Waals surface area contributed by atoms with Gasteiger partial charge in [0.2, 0.25) is 11.8 Å². The second kappa shape index (κ2) is 8.85. The Labute approximate surface area is 128 Å². The molecule has 0 saturated heterocycles. The average molecular weight is 321 g/mol. The smallest absolute Gasteiger partial charge is 0.327 e. The minimum atomic E-state index is -1.21. The van der Waals surface area contributed by atoms with Gasteiger partial charge in [-0.25, -0.2) is 4.79 Å². The van der Waals surface area contributed by atoms with Crippen molar-refractivity contribution >= 4 is 30.4 Å². The molecule has 0 radical (unpaired) electrons. The summed E-state index contributed by atoms with van der Waals surface area (Å²) in [7, 11) is 0. The van der Waals surface area contributed by atoms with Crippen molar-refractivity contribution < 1.29 is 24.6 Å². The van der Waals surface area contributed by atoms with Gasteiger partial charge in [-0.3, -0.25) is 9.59 Å². The van der Waals surface area contributed by atoms with E-state index in [4.69, 9.17) is 10.8 Å². The first kappa shape index (κ1) is 19.7. The van der Waals surface area contributed by atoms with Crippen LogP contribution in [0.25, 0.3) is 0 Å². The molecule has 21 heavy (non-hydrogen) atoms. The van der Waals surface area contributed by atoms with E-state index in [-0.39, 0.29) is 11.7 Å². The van der Waals surface area contributed by atoms with Gasteiger partial charge in [-0.2, -0.15) is 12.6 Å². The van der Waals surface area contributed by atoms with Crippen LogP contribution in [0.2, 0.25) is 0 Å². The molecule has 0 fully saturated rings. The number of carboxylic acid groups (broad SMARTS) is 1. The lowest BCUT2D eigenvalue weighted by Crippen LogP contribution is -2.58. The number of aliphatic hydroxyl groups excluding tert-OH is 1. The van der Waals surface area contributed by atoms with Crippen molar-refractivity contribution in [1.29, 1.82) is 0 Å². The van der Waals surface area contributed by atoms with E-state index in [1.807, 2.05) is 0 Å². The van der Waals surface area contributed by atoms with Crippen LogP contribution in [0.15, 0.2) is 0 Å². The Kier molecular flexibility index (Phi) is 8.30. The highest BCUT2D eigenvalue weighted by Gasteiger charge is 2.30. The number of nitrogens with two attached hydrogens (primary N) is 1. The van der Waals surface area contributed by atoms with Crippen LogP contribution in [0.3, 0.4) is 0 Å². The van der Waals surface area contributed by atoms with E-state index in [1.54, 1.807) is 13.8 Å². The lowest BCUT2D eigenvalue weighted by Gasteiger charge is -2.25. The molecule has 0 aromatic heterocycles. The maximum atomic E-state index is 12.1. The van der Waals surface area contributed by atoms with Crippen LogP contribution in [-0.2, 0) is 14.4 Å². The van der Waals surface area contributed by atoms with Crippen molar-refractivity contribution in [3.05, 3.63) is 0 Å². The molecule has 4 unspecified atom stereocenters. The Bertz CT molecular complexity index is 389. The lowest BCUT2D eigenvalue weighted by atomic mass is 10.0. The van der Waals surface area contributed by atoms with Gasteiger partial charge < -0.3 is 26.6 Å². The summed E-state index contributed by atoms with van der Waals surface area (Å²) in [6.45, 7) is 4.74. The van der Waals surface area contributed by atoms with Crippen molar-refractivity contribution in [2.24, 2.45) is 11.7 Å². The Hall–Kier alpha value is -1.32. The minimum Gasteiger partial charge on any atom is -0.480 e. The summed E-state index contributed by atoms with van der Waals surface area (Å²) in [5.41, 5.74) is 5.48. The van der Waals surface area contributed by atoms with Gasteiger partial charge in [0.05, 0.1) is 6.10 Å². The fourth-order valence-electron chi connectivity index (χ4n) is 1.45. The minimum absolute atomic E-state index is 0.0764. The molecule has 0 saturated carbocycles. The standard InChI is InChI=1S/C12H23N3O5S/c1-5(2)9(15-10(17)8(13)6(3)16)11(18)14-7(4-21)12(19)20/h5-9,16,21H,4,13H2,1-3H3,(H,14,18)(H,15,17)(H,19,20). The molecule has 0 aromatic carbocycles. The predicted octanol–water partition coefficient (Wildman–Crippen LogP) is -1.67. The van der Waals surface area contributed by atoms with Gasteiger partial charge in [-0.05, 0) is 12.8 Å². The van der Waals surface area contributed by atoms with Gasteiger partial charge in [0, 0.05) is 5.75 Å². The van der Waals surface area contributed by atoms with Crippen LogP contribution in [-0.4, -0.2) is 58.0 Å². The SMILES string of the molecule is CC(C)C(NC(=O)C(N)C(C)O)C(=O)NC(CS)C(=O)O. The van der Waals surface area contributed by atoms with Gasteiger partial charge in [-0.15, -0.1) is 0 Å². The second-order valence-corrected chi connectivity index (χ2v) is 5.44. The number of aliphatic hydroxyl groups is 1. The highest BCUT2D eigenvalue weighted by molar-refractivity contribution is 7.80. The van der Waals surface area contributed by atoms with E-state index < -0.39 is 42.0 Å². The van der Waals surface area contributed by atoms with E-state index in [2.05, 4.69) is 23.3 Å². The largest absolute Gasteiger partial charge is 0.480 e. The number of amides is 2. The number of nitrogens with one attached hydrogen (secondary N) is 2. The molecule has 0 spiro atoms. The van der Waals surface area contributed by atoms with Crippen LogP contribution in [0.1, 0.15) is 20.8 Å². The molecule has 0 rings (SSSR count). The van der Waals surface area contributed by atoms with Crippen molar-refractivity contribution in [3.8, 4) is 0 Å². The molecule has 0 aliphatic heterocycles. The normalized spacial score (nSPS) is 16.7. The van der Waals surface area contributed by atoms with Crippen molar-refractivity contribution in [2.75, 3.05) is 5.75 Å². The number of thiol groups is 1. The molecule has 8 nitrogen and oxygen atoms in total. The summed E-state index contributed by atoms with van der Waals surface area (Å²) in [5.74, 6) is -2.90. The number of hydrogen-bond acceptors (Lipinski definition) is 6. The molecule has 9 heteroatoms. The van der Waals surface area contributed by atoms with Crippen LogP contribution in [0.5, 0.6) is 0 Å². The summed E-state index contributed by atoms with van der Waals surface area (Å²) in [4.78, 5) is 34.7. The Morgan fingerprint density at radius 3 is 2.00 bits per heavy atom. The number of carboxylic acids is 1. The number of aliphatic carboxylic acids is 1. The van der Waals surface area contributed by atoms with Gasteiger partial charge >= 0.3 is 5.97 Å². The molecular weight excluding hydrogens is 298 g/mol. The molecule has 122 valence electrons. The average Bonchev–Trinajstić information content (AvgIpc) is 2.39. The predicted molar refractivity (Wildman–Crippen MR) is 79.8 cm³/mol. The molecule has 4 atom stereocenters. The van der Waals surface area contributed by atoms with Crippen LogP contribution in [0, 0.1) is 5.92 Å². The summed E-state index contributed by atoms with van der Waals surface area (Å²) < 4.78 is 0. The molecule has 0 heterocycles. The Morgan fingerprint density at radius 2 is 1.67 bits per heavy atom. The fourth-order valence-corrected chi connectivity index (χ4v) is 1.70. The number of rotatable bonds is 8. The molecule has 0 aliphatic carbocycles. The third-order valence-electron chi connectivity index (χ3n) is 2.87. The van der Waals surface area contributed by atoms with E-state index in [0.29, 0.717) is 0 Å². The first-order valence-electron chi connectivity index (χ1n) is 6.49. The van der Waals surface area contributed by atoms with Crippen LogP contribution in [0.4, 0.5) is 0 Å². The van der Waals surface area contributed by atoms with E-state index >= 15 is 0 Å². The van der Waals surface area contributed by atoms with Gasteiger partial charge in [0.15, 0.2) is 0 Å². The number of hydrogen-bond donors (Lipinski definition) is 6. The second-order valence-electron chi connectivity index (χ2n) is 5.08. The summed E-state index contributed by atoms with van der Waals surface area (Å²) in [6.07, 6.45) is -1.06. The van der Waals surface area contributed by atoms with Gasteiger partial charge in [-0.1, -0.05) is 13.8 Å². The number of carbonyl (C=O) groups excluding carboxylic acids is 2. The zero-order chi connectivity index (χ0) is 16.7. The quantitative estimate of drug-likeness (QED) is 0.295. The van der Waals surface area contributed by atoms with Crippen molar-refractivity contribution in [3.63, 3.8) is 0 Å². The topological polar surface area (TPSA) is 142 Å². The zero-order valence-electron chi connectivity index (χ0n) is 12.2. The molecule has 0 bridgehead atoms. The lowest BCUT2D eigenvalue weighted by molar-refractivity contribution is -0.141. The molecule has 6 N–H and O–H groups in total. The molecule has 2 amide bonds.